The van der Waals surface area contributed by atoms with E-state index in [-0.39, 0.29) is 17.5 Å². The van der Waals surface area contributed by atoms with E-state index in [4.69, 9.17) is 10.8 Å². The van der Waals surface area contributed by atoms with Crippen molar-refractivity contribution >= 4 is 34.4 Å². The number of piperidine rings is 1. The number of carbonyl (C=O) groups excluding carboxylic acids is 1. The van der Waals surface area contributed by atoms with Gasteiger partial charge in [-0.05, 0) is 86.6 Å². The summed E-state index contributed by atoms with van der Waals surface area (Å²) >= 11 is 0. The molecule has 1 saturated heterocycles. The van der Waals surface area contributed by atoms with Crippen molar-refractivity contribution in [2.75, 3.05) is 31.2 Å². The van der Waals surface area contributed by atoms with Gasteiger partial charge in [0.15, 0.2) is 5.65 Å². The molecule has 4 aromatic rings. The Morgan fingerprint density at radius 2 is 1.70 bits per heavy atom. The van der Waals surface area contributed by atoms with Gasteiger partial charge in [0, 0.05) is 17.2 Å². The lowest BCUT2D eigenvalue weighted by Crippen LogP contribution is -2.35. The number of nitrogens with one attached hydrogen (secondary N) is 2. The topological polar surface area (TPSA) is 126 Å². The number of benzene rings is 2. The van der Waals surface area contributed by atoms with Crippen LogP contribution in [0.2, 0.25) is 0 Å². The van der Waals surface area contributed by atoms with Gasteiger partial charge in [0.1, 0.15) is 23.7 Å². The van der Waals surface area contributed by atoms with E-state index in [1.54, 1.807) is 4.68 Å². The Kier molecular flexibility index (Phi) is 6.96. The lowest BCUT2D eigenvalue weighted by atomic mass is 9.82. The number of nitrogen functional groups attached to an aromatic ring is 1. The molecule has 7 rings (SSSR count). The summed E-state index contributed by atoms with van der Waals surface area (Å²) in [5.74, 6) is 2.10. The van der Waals surface area contributed by atoms with Crippen LogP contribution in [0, 0.1) is 11.3 Å². The van der Waals surface area contributed by atoms with Gasteiger partial charge in [-0.25, -0.2) is 19.4 Å². The number of fused-ring (bicyclic) bond motifs is 2. The van der Waals surface area contributed by atoms with Gasteiger partial charge in [0.05, 0.1) is 17.1 Å². The first-order chi connectivity index (χ1) is 21.1. The van der Waals surface area contributed by atoms with Gasteiger partial charge in [0.2, 0.25) is 0 Å². The maximum Gasteiger partial charge on any atom is 0.324 e. The molecule has 2 atom stereocenters. The molecule has 2 fully saturated rings. The minimum absolute atomic E-state index is 0.0522. The second kappa shape index (κ2) is 10.9. The molecular weight excluding hydrogens is 550 g/mol. The van der Waals surface area contributed by atoms with E-state index >= 15 is 0 Å². The quantitative estimate of drug-likeness (QED) is 0.278. The third kappa shape index (κ3) is 5.45. The third-order valence-corrected chi connectivity index (χ3v) is 9.10. The van der Waals surface area contributed by atoms with Gasteiger partial charge in [-0.2, -0.15) is 5.10 Å². The lowest BCUT2D eigenvalue weighted by Gasteiger charge is -2.29. The number of amidine groups is 1. The molecule has 226 valence electrons. The molecule has 10 nitrogen and oxygen atoms in total. The summed E-state index contributed by atoms with van der Waals surface area (Å²) < 4.78 is 1.78. The number of dihydropyridines is 1. The minimum atomic E-state index is -0.323. The number of hydrogen-bond acceptors (Lipinski definition) is 7. The zero-order valence-corrected chi connectivity index (χ0v) is 25.7. The molecule has 1 aliphatic carbocycles. The molecule has 44 heavy (non-hydrogen) atoms. The number of aliphatic imine (C=N–C) groups is 1. The fourth-order valence-electron chi connectivity index (χ4n) is 6.55. The number of urea groups is 1. The number of rotatable bonds is 4. The molecule has 2 aliphatic heterocycles. The zero-order valence-electron chi connectivity index (χ0n) is 25.7. The van der Waals surface area contributed by atoms with E-state index in [1.807, 2.05) is 30.3 Å². The van der Waals surface area contributed by atoms with Crippen LogP contribution in [0.3, 0.4) is 0 Å². The van der Waals surface area contributed by atoms with Crippen LogP contribution in [-0.4, -0.2) is 62.7 Å². The molecule has 2 aromatic heterocycles. The number of nitrogens with two attached hydrogens (primary N) is 1. The first-order valence-corrected chi connectivity index (χ1v) is 15.4. The average molecular weight is 590 g/mol. The monoisotopic (exact) mass is 589 g/mol. The van der Waals surface area contributed by atoms with Gasteiger partial charge in [-0.15, -0.1) is 0 Å². The number of nitrogens with zero attached hydrogens (tertiary/aromatic N) is 6. The SMILES string of the molecule is CN1CCC(c2ccc(-c3nn(-c4ccc(NC(=O)NC5=NC6CC6C(C(C)(C)C)=C5)cc4)c4ncnc(N)c34)cc2)CC1. The van der Waals surface area contributed by atoms with Crippen LogP contribution in [0.1, 0.15) is 51.5 Å². The predicted molar refractivity (Wildman–Crippen MR) is 175 cm³/mol. The molecule has 2 aromatic carbocycles. The predicted octanol–water partition coefficient (Wildman–Crippen LogP) is 5.77. The molecule has 2 amide bonds. The molecule has 4 N–H and O–H groups in total. The highest BCUT2D eigenvalue weighted by atomic mass is 16.2. The molecule has 0 radical (unpaired) electrons. The van der Waals surface area contributed by atoms with Crippen molar-refractivity contribution in [2.45, 2.75) is 52.0 Å². The van der Waals surface area contributed by atoms with Gasteiger partial charge < -0.3 is 16.0 Å². The van der Waals surface area contributed by atoms with Gasteiger partial charge >= 0.3 is 6.03 Å². The van der Waals surface area contributed by atoms with E-state index in [0.717, 1.165) is 41.8 Å². The van der Waals surface area contributed by atoms with Crippen LogP contribution >= 0.6 is 0 Å². The second-order valence-electron chi connectivity index (χ2n) is 13.3. The fourth-order valence-corrected chi connectivity index (χ4v) is 6.55. The number of hydrogen-bond donors (Lipinski definition) is 3. The molecule has 0 bridgehead atoms. The number of aromatic nitrogens is 4. The molecule has 3 aliphatic rings. The van der Waals surface area contributed by atoms with E-state index in [2.05, 4.69) is 82.6 Å². The van der Waals surface area contributed by atoms with Crippen LogP contribution in [0.15, 0.2) is 71.5 Å². The summed E-state index contributed by atoms with van der Waals surface area (Å²) in [6, 6.07) is 16.1. The largest absolute Gasteiger partial charge is 0.383 e. The summed E-state index contributed by atoms with van der Waals surface area (Å²) in [4.78, 5) is 28.7. The summed E-state index contributed by atoms with van der Waals surface area (Å²) in [6.45, 7) is 8.87. The highest BCUT2D eigenvalue weighted by Gasteiger charge is 2.45. The summed E-state index contributed by atoms with van der Waals surface area (Å²) in [6.07, 6.45) is 6.89. The maximum absolute atomic E-state index is 12.8. The summed E-state index contributed by atoms with van der Waals surface area (Å²) in [5.41, 5.74) is 12.9. The van der Waals surface area contributed by atoms with Crippen molar-refractivity contribution in [1.29, 1.82) is 0 Å². The lowest BCUT2D eigenvalue weighted by molar-refractivity contribution is 0.255. The van der Waals surface area contributed by atoms with Crippen LogP contribution < -0.4 is 16.4 Å². The van der Waals surface area contributed by atoms with Gasteiger partial charge in [0.25, 0.3) is 0 Å². The highest BCUT2D eigenvalue weighted by Crippen LogP contribution is 2.49. The number of amides is 2. The molecule has 1 saturated carbocycles. The Labute approximate surface area is 257 Å². The van der Waals surface area contributed by atoms with Crippen molar-refractivity contribution in [2.24, 2.45) is 16.3 Å². The number of carbonyl (C=O) groups is 1. The normalized spacial score (nSPS) is 20.5. The Hall–Kier alpha value is -4.57. The minimum Gasteiger partial charge on any atom is -0.383 e. The Morgan fingerprint density at radius 3 is 2.41 bits per heavy atom. The molecular formula is C34H39N9O. The Balaban J connectivity index is 1.10. The first-order valence-electron chi connectivity index (χ1n) is 15.4. The molecule has 10 heteroatoms. The standard InChI is InChI=1S/C34H39N9O/c1-34(2,3)26-18-28(39-27-17-25(26)27)40-33(44)38-23-9-11-24(12-10-23)43-32-29(31(35)36-19-37-32)30(41-43)22-7-5-20(6-8-22)21-13-15-42(4)16-14-21/h5-12,18-19,21,25,27H,13-17H2,1-4H3,(H2,35,36,37)(H2,38,39,40,44). The van der Waals surface area contributed by atoms with E-state index in [9.17, 15) is 4.79 Å². The van der Waals surface area contributed by atoms with Crippen LogP contribution in [-0.2, 0) is 0 Å². The number of anilines is 2. The van der Waals surface area contributed by atoms with E-state index in [1.165, 1.54) is 30.3 Å². The second-order valence-corrected chi connectivity index (χ2v) is 13.3. The molecule has 4 heterocycles. The number of likely N-dealkylation sites (tertiary alicyclic amines) is 1. The Morgan fingerprint density at radius 1 is 0.977 bits per heavy atom. The fraction of sp³-hybridized carbons (Fsp3) is 0.382. The van der Waals surface area contributed by atoms with Gasteiger partial charge in [-0.3, -0.25) is 10.3 Å². The van der Waals surface area contributed by atoms with Crippen LogP contribution in [0.25, 0.3) is 28.0 Å². The van der Waals surface area contributed by atoms with Crippen LogP contribution in [0.5, 0.6) is 0 Å². The van der Waals surface area contributed by atoms with Crippen molar-refractivity contribution in [1.82, 2.24) is 30.0 Å². The smallest absolute Gasteiger partial charge is 0.324 e. The summed E-state index contributed by atoms with van der Waals surface area (Å²) in [5, 5.41) is 11.5. The van der Waals surface area contributed by atoms with Crippen molar-refractivity contribution in [3.05, 3.63) is 72.1 Å². The highest BCUT2D eigenvalue weighted by molar-refractivity contribution is 6.08. The van der Waals surface area contributed by atoms with E-state index in [0.29, 0.717) is 34.8 Å². The van der Waals surface area contributed by atoms with Crippen molar-refractivity contribution < 1.29 is 4.79 Å². The first kappa shape index (κ1) is 28.2. The van der Waals surface area contributed by atoms with Crippen molar-refractivity contribution in [3.8, 4) is 16.9 Å². The van der Waals surface area contributed by atoms with E-state index < -0.39 is 0 Å². The maximum atomic E-state index is 12.8. The Bertz CT molecular complexity index is 1770. The van der Waals surface area contributed by atoms with Crippen molar-refractivity contribution in [3.63, 3.8) is 0 Å². The van der Waals surface area contributed by atoms with Gasteiger partial charge in [-0.1, -0.05) is 50.6 Å². The molecule has 2 unspecified atom stereocenters. The zero-order chi connectivity index (χ0) is 30.6. The average Bonchev–Trinajstić information content (AvgIpc) is 3.67. The van der Waals surface area contributed by atoms with Crippen LogP contribution in [0.4, 0.5) is 16.3 Å². The molecule has 0 spiro atoms. The third-order valence-electron chi connectivity index (χ3n) is 9.10. The summed E-state index contributed by atoms with van der Waals surface area (Å²) in [7, 11) is 2.18.